The summed E-state index contributed by atoms with van der Waals surface area (Å²) in [6.45, 7) is 7.02. The highest BCUT2D eigenvalue weighted by atomic mass is 16.2. The molecule has 6 heteroatoms. The zero-order chi connectivity index (χ0) is 21.4. The third kappa shape index (κ3) is 3.49. The number of aryl methyl sites for hydroxylation is 2. The maximum Gasteiger partial charge on any atom is 0.282 e. The first kappa shape index (κ1) is 19.9. The van der Waals surface area contributed by atoms with Crippen LogP contribution in [-0.4, -0.2) is 35.7 Å². The van der Waals surface area contributed by atoms with Gasteiger partial charge in [0.2, 0.25) is 5.91 Å². The maximum absolute atomic E-state index is 13.5. The van der Waals surface area contributed by atoms with Crippen LogP contribution in [0.2, 0.25) is 0 Å². The number of carbonyl (C=O) groups is 3. The van der Waals surface area contributed by atoms with Gasteiger partial charge in [0, 0.05) is 25.7 Å². The standard InChI is InChI=1S/C24H25N3O3/c1-15-6-7-18(14-16(15)2)21-22(26-12-4-5-13-26)24(30)27(23(21)29)20-10-8-19(9-11-20)25-17(3)28/h6-11,14H,4-5,12-13H2,1-3H3,(H,25,28). The second-order valence-corrected chi connectivity index (χ2v) is 7.89. The van der Waals surface area contributed by atoms with Crippen LogP contribution in [0.25, 0.3) is 5.57 Å². The number of rotatable bonds is 4. The highest BCUT2D eigenvalue weighted by Gasteiger charge is 2.43. The molecule has 4 rings (SSSR count). The molecule has 6 nitrogen and oxygen atoms in total. The lowest BCUT2D eigenvalue weighted by molar-refractivity contribution is -0.120. The van der Waals surface area contributed by atoms with Gasteiger partial charge in [0.1, 0.15) is 5.70 Å². The number of nitrogens with zero attached hydrogens (tertiary/aromatic N) is 2. The summed E-state index contributed by atoms with van der Waals surface area (Å²) in [5.74, 6) is -0.772. The van der Waals surface area contributed by atoms with Crippen LogP contribution >= 0.6 is 0 Å². The van der Waals surface area contributed by atoms with Gasteiger partial charge >= 0.3 is 0 Å². The topological polar surface area (TPSA) is 69.7 Å². The van der Waals surface area contributed by atoms with Gasteiger partial charge in [-0.15, -0.1) is 0 Å². The Morgan fingerprint density at radius 1 is 0.900 bits per heavy atom. The summed E-state index contributed by atoms with van der Waals surface area (Å²) in [6, 6.07) is 12.7. The molecule has 0 bridgehead atoms. The molecular formula is C24H25N3O3. The minimum absolute atomic E-state index is 0.175. The molecule has 154 valence electrons. The molecule has 0 unspecified atom stereocenters. The van der Waals surface area contributed by atoms with Gasteiger partial charge in [-0.05, 0) is 67.6 Å². The van der Waals surface area contributed by atoms with Crippen molar-refractivity contribution in [2.75, 3.05) is 23.3 Å². The first-order chi connectivity index (χ1) is 14.4. The van der Waals surface area contributed by atoms with Crippen molar-refractivity contribution in [3.05, 3.63) is 64.9 Å². The first-order valence-corrected chi connectivity index (χ1v) is 10.2. The Kier molecular flexibility index (Phi) is 5.16. The lowest BCUT2D eigenvalue weighted by atomic mass is 9.99. The minimum Gasteiger partial charge on any atom is -0.366 e. The number of hydrogen-bond donors (Lipinski definition) is 1. The average molecular weight is 403 g/mol. The molecule has 0 saturated carbocycles. The van der Waals surface area contributed by atoms with Gasteiger partial charge in [-0.2, -0.15) is 0 Å². The number of hydrogen-bond acceptors (Lipinski definition) is 4. The molecule has 1 N–H and O–H groups in total. The Balaban J connectivity index is 1.76. The molecule has 1 saturated heterocycles. The Labute approximate surface area is 176 Å². The Morgan fingerprint density at radius 2 is 1.57 bits per heavy atom. The van der Waals surface area contributed by atoms with E-state index in [9.17, 15) is 14.4 Å². The average Bonchev–Trinajstić information content (AvgIpc) is 3.31. The number of anilines is 2. The van der Waals surface area contributed by atoms with E-state index >= 15 is 0 Å². The van der Waals surface area contributed by atoms with E-state index in [1.54, 1.807) is 24.3 Å². The molecule has 2 aliphatic rings. The zero-order valence-electron chi connectivity index (χ0n) is 17.5. The van der Waals surface area contributed by atoms with Gasteiger partial charge < -0.3 is 10.2 Å². The number of amides is 3. The molecule has 0 aliphatic carbocycles. The van der Waals surface area contributed by atoms with E-state index in [-0.39, 0.29) is 17.7 Å². The summed E-state index contributed by atoms with van der Waals surface area (Å²) in [6.07, 6.45) is 2.02. The van der Waals surface area contributed by atoms with Crippen LogP contribution in [0, 0.1) is 13.8 Å². The second kappa shape index (κ2) is 7.78. The summed E-state index contributed by atoms with van der Waals surface area (Å²) in [5, 5.41) is 2.70. The molecule has 0 aromatic heterocycles. The summed E-state index contributed by atoms with van der Waals surface area (Å²) in [5.41, 5.74) is 5.07. The third-order valence-corrected chi connectivity index (χ3v) is 5.72. The molecule has 3 amide bonds. The molecule has 2 aliphatic heterocycles. The molecule has 2 heterocycles. The highest BCUT2D eigenvalue weighted by Crippen LogP contribution is 2.36. The lowest BCUT2D eigenvalue weighted by Gasteiger charge is -2.20. The first-order valence-electron chi connectivity index (χ1n) is 10.2. The fraction of sp³-hybridized carbons (Fsp3) is 0.292. The minimum atomic E-state index is -0.308. The predicted molar refractivity (Wildman–Crippen MR) is 117 cm³/mol. The Morgan fingerprint density at radius 3 is 2.17 bits per heavy atom. The van der Waals surface area contributed by atoms with Gasteiger partial charge in [-0.1, -0.05) is 18.2 Å². The molecular weight excluding hydrogens is 378 g/mol. The third-order valence-electron chi connectivity index (χ3n) is 5.72. The van der Waals surface area contributed by atoms with Gasteiger partial charge in [-0.25, -0.2) is 4.90 Å². The van der Waals surface area contributed by atoms with E-state index in [1.165, 1.54) is 11.8 Å². The van der Waals surface area contributed by atoms with Crippen LogP contribution in [0.4, 0.5) is 11.4 Å². The molecule has 1 fully saturated rings. The van der Waals surface area contributed by atoms with Crippen LogP contribution in [0.3, 0.4) is 0 Å². The summed E-state index contributed by atoms with van der Waals surface area (Å²) in [4.78, 5) is 41.5. The van der Waals surface area contributed by atoms with E-state index < -0.39 is 0 Å². The van der Waals surface area contributed by atoms with Gasteiger partial charge in [0.25, 0.3) is 11.8 Å². The van der Waals surface area contributed by atoms with Crippen molar-refractivity contribution in [3.63, 3.8) is 0 Å². The van der Waals surface area contributed by atoms with Crippen LogP contribution in [0.5, 0.6) is 0 Å². The Bertz CT molecular complexity index is 1060. The van der Waals surface area contributed by atoms with Gasteiger partial charge in [0.05, 0.1) is 11.3 Å². The van der Waals surface area contributed by atoms with Crippen molar-refractivity contribution < 1.29 is 14.4 Å². The van der Waals surface area contributed by atoms with Crippen molar-refractivity contribution in [3.8, 4) is 0 Å². The normalized spacial score (nSPS) is 16.6. The fourth-order valence-electron chi connectivity index (χ4n) is 4.04. The van der Waals surface area contributed by atoms with Crippen LogP contribution in [0.1, 0.15) is 36.5 Å². The molecule has 2 aromatic carbocycles. The molecule has 0 radical (unpaired) electrons. The smallest absolute Gasteiger partial charge is 0.282 e. The summed E-state index contributed by atoms with van der Waals surface area (Å²) >= 11 is 0. The van der Waals surface area contributed by atoms with Crippen LogP contribution in [0.15, 0.2) is 48.2 Å². The van der Waals surface area contributed by atoms with Crippen LogP contribution in [-0.2, 0) is 14.4 Å². The maximum atomic E-state index is 13.5. The fourth-order valence-corrected chi connectivity index (χ4v) is 4.04. The van der Waals surface area contributed by atoms with Gasteiger partial charge in [-0.3, -0.25) is 14.4 Å². The van der Waals surface area contributed by atoms with Crippen molar-refractivity contribution in [1.82, 2.24) is 4.90 Å². The summed E-state index contributed by atoms with van der Waals surface area (Å²) < 4.78 is 0. The SMILES string of the molecule is CC(=O)Nc1ccc(N2C(=O)C(c3ccc(C)c(C)c3)=C(N3CCCC3)C2=O)cc1. The van der Waals surface area contributed by atoms with Crippen molar-refractivity contribution in [1.29, 1.82) is 0 Å². The largest absolute Gasteiger partial charge is 0.366 e. The number of nitrogens with one attached hydrogen (secondary N) is 1. The van der Waals surface area contributed by atoms with Crippen molar-refractivity contribution >= 4 is 34.7 Å². The summed E-state index contributed by atoms with van der Waals surface area (Å²) in [7, 11) is 0. The second-order valence-electron chi connectivity index (χ2n) is 7.89. The van der Waals surface area contributed by atoms with E-state index in [1.807, 2.05) is 36.9 Å². The predicted octanol–water partition coefficient (Wildman–Crippen LogP) is 3.64. The highest BCUT2D eigenvalue weighted by molar-refractivity contribution is 6.45. The number of carbonyl (C=O) groups excluding carboxylic acids is 3. The quantitative estimate of drug-likeness (QED) is 0.792. The van der Waals surface area contributed by atoms with E-state index in [0.717, 1.165) is 42.6 Å². The monoisotopic (exact) mass is 403 g/mol. The van der Waals surface area contributed by atoms with Crippen molar-refractivity contribution in [2.24, 2.45) is 0 Å². The van der Waals surface area contributed by atoms with E-state index in [0.29, 0.717) is 22.6 Å². The molecule has 0 atom stereocenters. The molecule has 2 aromatic rings. The number of imide groups is 1. The van der Waals surface area contributed by atoms with Crippen molar-refractivity contribution in [2.45, 2.75) is 33.6 Å². The van der Waals surface area contributed by atoms with Gasteiger partial charge in [0.15, 0.2) is 0 Å². The lowest BCUT2D eigenvalue weighted by Crippen LogP contribution is -2.34. The van der Waals surface area contributed by atoms with E-state index in [2.05, 4.69) is 5.32 Å². The molecule has 0 spiro atoms. The molecule has 30 heavy (non-hydrogen) atoms. The number of benzene rings is 2. The van der Waals surface area contributed by atoms with Crippen LogP contribution < -0.4 is 10.2 Å². The number of likely N-dealkylation sites (tertiary alicyclic amines) is 1. The Hall–Kier alpha value is -3.41. The van der Waals surface area contributed by atoms with E-state index in [4.69, 9.17) is 0 Å². The zero-order valence-corrected chi connectivity index (χ0v) is 17.5.